The van der Waals surface area contributed by atoms with Crippen LogP contribution in [0.3, 0.4) is 0 Å². The molecular formula is C40H74O4. The van der Waals surface area contributed by atoms with Gasteiger partial charge in [0.1, 0.15) is 6.10 Å². The molecule has 258 valence electrons. The quantitative estimate of drug-likeness (QED) is 0.0436. The molecule has 0 saturated carbocycles. The van der Waals surface area contributed by atoms with Crippen LogP contribution in [0.15, 0.2) is 24.3 Å². The van der Waals surface area contributed by atoms with E-state index in [1.54, 1.807) is 0 Å². The van der Waals surface area contributed by atoms with Crippen molar-refractivity contribution in [2.45, 2.75) is 219 Å². The Morgan fingerprint density at radius 3 is 1.39 bits per heavy atom. The topological polar surface area (TPSA) is 63.6 Å². The Morgan fingerprint density at radius 1 is 0.500 bits per heavy atom. The van der Waals surface area contributed by atoms with Crippen LogP contribution < -0.4 is 0 Å². The standard InChI is InChI=1S/C40H74O4/c1-3-5-7-9-11-13-15-16-17-18-19-21-23-29-33-37-40(43)44-38(35-31-27-24-25-28-32-36-39(41)42)34-30-26-22-20-14-12-10-8-6-4-2/h11,13,16-17,38H,3-10,12,14-15,18-37H2,1-2H3,(H,41,42)/b13-11-,17-16-. The minimum Gasteiger partial charge on any atom is -0.481 e. The highest BCUT2D eigenvalue weighted by atomic mass is 16.5. The van der Waals surface area contributed by atoms with Crippen molar-refractivity contribution < 1.29 is 19.4 Å². The molecule has 4 nitrogen and oxygen atoms in total. The first-order valence-electron chi connectivity index (χ1n) is 19.3. The molecule has 0 aromatic rings. The van der Waals surface area contributed by atoms with Gasteiger partial charge in [0.05, 0.1) is 0 Å². The van der Waals surface area contributed by atoms with E-state index in [-0.39, 0.29) is 18.5 Å². The Labute approximate surface area is 274 Å². The second-order valence-electron chi connectivity index (χ2n) is 13.1. The highest BCUT2D eigenvalue weighted by Gasteiger charge is 2.14. The van der Waals surface area contributed by atoms with E-state index in [0.717, 1.165) is 83.5 Å². The van der Waals surface area contributed by atoms with Crippen LogP contribution in [-0.2, 0) is 14.3 Å². The SMILES string of the molecule is CCCCC/C=C\C/C=C\CCCCCCCC(=O)OC(CCCCCCCCCCCC)CCCCCCCCC(=O)O. The molecule has 0 aromatic heterocycles. The molecule has 1 unspecified atom stereocenters. The molecule has 0 fully saturated rings. The summed E-state index contributed by atoms with van der Waals surface area (Å²) in [6.07, 6.45) is 44.7. The van der Waals surface area contributed by atoms with Crippen molar-refractivity contribution in [1.82, 2.24) is 0 Å². The summed E-state index contributed by atoms with van der Waals surface area (Å²) in [4.78, 5) is 23.3. The third-order valence-corrected chi connectivity index (χ3v) is 8.68. The molecule has 0 spiro atoms. The molecule has 1 N–H and O–H groups in total. The summed E-state index contributed by atoms with van der Waals surface area (Å²) >= 11 is 0. The average Bonchev–Trinajstić information content (AvgIpc) is 3.01. The van der Waals surface area contributed by atoms with Crippen LogP contribution in [0.5, 0.6) is 0 Å². The van der Waals surface area contributed by atoms with E-state index >= 15 is 0 Å². The molecule has 0 heterocycles. The monoisotopic (exact) mass is 619 g/mol. The maximum atomic E-state index is 12.6. The van der Waals surface area contributed by atoms with Crippen molar-refractivity contribution in [3.8, 4) is 0 Å². The number of unbranched alkanes of at least 4 members (excludes halogenated alkanes) is 22. The average molecular weight is 619 g/mol. The molecule has 0 aliphatic rings. The van der Waals surface area contributed by atoms with Crippen LogP contribution in [0.4, 0.5) is 0 Å². The molecule has 0 amide bonds. The summed E-state index contributed by atoms with van der Waals surface area (Å²) in [5.41, 5.74) is 0. The van der Waals surface area contributed by atoms with Gasteiger partial charge >= 0.3 is 11.9 Å². The lowest BCUT2D eigenvalue weighted by Gasteiger charge is -2.18. The number of carbonyl (C=O) groups is 2. The van der Waals surface area contributed by atoms with Crippen molar-refractivity contribution in [2.75, 3.05) is 0 Å². The summed E-state index contributed by atoms with van der Waals surface area (Å²) in [5, 5.41) is 8.78. The fourth-order valence-electron chi connectivity index (χ4n) is 5.80. The van der Waals surface area contributed by atoms with Crippen LogP contribution in [0, 0.1) is 0 Å². The van der Waals surface area contributed by atoms with Crippen molar-refractivity contribution in [1.29, 1.82) is 0 Å². The van der Waals surface area contributed by atoms with E-state index in [1.807, 2.05) is 0 Å². The van der Waals surface area contributed by atoms with Crippen molar-refractivity contribution >= 4 is 11.9 Å². The minimum atomic E-state index is -0.693. The second-order valence-corrected chi connectivity index (χ2v) is 13.1. The Kier molecular flexibility index (Phi) is 34.6. The maximum absolute atomic E-state index is 12.6. The summed E-state index contributed by atoms with van der Waals surface area (Å²) in [5.74, 6) is -0.692. The number of hydrogen-bond donors (Lipinski definition) is 1. The van der Waals surface area contributed by atoms with Gasteiger partial charge in [-0.2, -0.15) is 0 Å². The molecule has 0 aliphatic carbocycles. The number of carbonyl (C=O) groups excluding carboxylic acids is 1. The van der Waals surface area contributed by atoms with Gasteiger partial charge in [-0.15, -0.1) is 0 Å². The number of aliphatic carboxylic acids is 1. The van der Waals surface area contributed by atoms with Gasteiger partial charge in [-0.05, 0) is 70.6 Å². The van der Waals surface area contributed by atoms with Crippen molar-refractivity contribution in [3.63, 3.8) is 0 Å². The first kappa shape index (κ1) is 42.4. The van der Waals surface area contributed by atoms with E-state index < -0.39 is 5.97 Å². The van der Waals surface area contributed by atoms with Gasteiger partial charge in [0.15, 0.2) is 0 Å². The molecule has 44 heavy (non-hydrogen) atoms. The van der Waals surface area contributed by atoms with Gasteiger partial charge < -0.3 is 9.84 Å². The lowest BCUT2D eigenvalue weighted by Crippen LogP contribution is -2.18. The number of hydrogen-bond acceptors (Lipinski definition) is 3. The highest BCUT2D eigenvalue weighted by Crippen LogP contribution is 2.19. The number of rotatable bonds is 35. The van der Waals surface area contributed by atoms with Gasteiger partial charge in [-0.3, -0.25) is 9.59 Å². The first-order valence-corrected chi connectivity index (χ1v) is 19.3. The molecule has 1 atom stereocenters. The summed E-state index contributed by atoms with van der Waals surface area (Å²) in [7, 11) is 0. The second kappa shape index (κ2) is 35.9. The fraction of sp³-hybridized carbons (Fsp3) is 0.850. The van der Waals surface area contributed by atoms with Gasteiger partial charge in [0, 0.05) is 12.8 Å². The molecule has 0 radical (unpaired) electrons. The largest absolute Gasteiger partial charge is 0.481 e. The van der Waals surface area contributed by atoms with E-state index in [9.17, 15) is 9.59 Å². The molecule has 0 bridgehead atoms. The third kappa shape index (κ3) is 34.9. The Morgan fingerprint density at radius 2 is 0.886 bits per heavy atom. The highest BCUT2D eigenvalue weighted by molar-refractivity contribution is 5.69. The number of ether oxygens (including phenoxy) is 1. The smallest absolute Gasteiger partial charge is 0.306 e. The zero-order chi connectivity index (χ0) is 32.2. The van der Waals surface area contributed by atoms with Crippen LogP contribution >= 0.6 is 0 Å². The van der Waals surface area contributed by atoms with Gasteiger partial charge in [0.2, 0.25) is 0 Å². The van der Waals surface area contributed by atoms with Gasteiger partial charge in [-0.1, -0.05) is 154 Å². The predicted octanol–water partition coefficient (Wildman–Crippen LogP) is 13.2. The van der Waals surface area contributed by atoms with Crippen molar-refractivity contribution in [3.05, 3.63) is 24.3 Å². The third-order valence-electron chi connectivity index (χ3n) is 8.68. The fourth-order valence-corrected chi connectivity index (χ4v) is 5.80. The summed E-state index contributed by atoms with van der Waals surface area (Å²) in [6.45, 7) is 4.52. The lowest BCUT2D eigenvalue weighted by molar-refractivity contribution is -0.150. The van der Waals surface area contributed by atoms with Gasteiger partial charge in [-0.25, -0.2) is 0 Å². The normalized spacial score (nSPS) is 12.4. The number of esters is 1. The number of allylic oxidation sites excluding steroid dienone is 4. The summed E-state index contributed by atoms with van der Waals surface area (Å²) < 4.78 is 6.00. The number of carboxylic acids is 1. The Hall–Kier alpha value is -1.58. The predicted molar refractivity (Wildman–Crippen MR) is 190 cm³/mol. The Balaban J connectivity index is 4.06. The Bertz CT molecular complexity index is 668. The zero-order valence-corrected chi connectivity index (χ0v) is 29.5. The van der Waals surface area contributed by atoms with E-state index in [2.05, 4.69) is 38.2 Å². The minimum absolute atomic E-state index is 0.00133. The maximum Gasteiger partial charge on any atom is 0.306 e. The van der Waals surface area contributed by atoms with Crippen LogP contribution in [0.1, 0.15) is 213 Å². The summed E-state index contributed by atoms with van der Waals surface area (Å²) in [6, 6.07) is 0. The molecule has 0 saturated heterocycles. The molecule has 0 rings (SSSR count). The molecule has 0 aromatic carbocycles. The van der Waals surface area contributed by atoms with Crippen LogP contribution in [0.25, 0.3) is 0 Å². The number of carboxylic acid groups (broad SMARTS) is 1. The van der Waals surface area contributed by atoms with Crippen LogP contribution in [0.2, 0.25) is 0 Å². The lowest BCUT2D eigenvalue weighted by atomic mass is 10.0. The van der Waals surface area contributed by atoms with Gasteiger partial charge in [0.25, 0.3) is 0 Å². The van der Waals surface area contributed by atoms with E-state index in [1.165, 1.54) is 103 Å². The van der Waals surface area contributed by atoms with E-state index in [0.29, 0.717) is 6.42 Å². The van der Waals surface area contributed by atoms with Crippen LogP contribution in [-0.4, -0.2) is 23.1 Å². The zero-order valence-electron chi connectivity index (χ0n) is 29.5. The molecule has 4 heteroatoms. The first-order chi connectivity index (χ1) is 21.6. The van der Waals surface area contributed by atoms with Crippen molar-refractivity contribution in [2.24, 2.45) is 0 Å². The molecule has 0 aliphatic heterocycles. The molecular weight excluding hydrogens is 544 g/mol. The van der Waals surface area contributed by atoms with E-state index in [4.69, 9.17) is 9.84 Å².